The average Bonchev–Trinajstić information content (AvgIpc) is 3.19. The van der Waals surface area contributed by atoms with Gasteiger partial charge in [0.1, 0.15) is 6.04 Å². The van der Waals surface area contributed by atoms with Crippen LogP contribution >= 0.6 is 11.6 Å². The number of nitrogens with zero attached hydrogens (tertiary/aromatic N) is 2. The lowest BCUT2D eigenvalue weighted by Crippen LogP contribution is -2.61. The number of primary amides is 1. The lowest BCUT2D eigenvalue weighted by molar-refractivity contribution is -0.120. The molecule has 0 radical (unpaired) electrons. The van der Waals surface area contributed by atoms with E-state index in [0.29, 0.717) is 22.5 Å². The predicted octanol–water partition coefficient (Wildman–Crippen LogP) is 2.68. The molecule has 7 nitrogen and oxygen atoms in total. The zero-order valence-corrected chi connectivity index (χ0v) is 18.9. The smallest absolute Gasteiger partial charge is 0.253 e. The van der Waals surface area contributed by atoms with E-state index in [-0.39, 0.29) is 11.4 Å². The lowest BCUT2D eigenvalue weighted by Gasteiger charge is -2.48. The number of hydrogen-bond acceptors (Lipinski definition) is 4. The van der Waals surface area contributed by atoms with E-state index in [9.17, 15) is 9.59 Å². The SMILES string of the molecule is CC(C(N)=O)n1cc(C(=O)NCC2(N3CCNCC3)CCCCC2)c2c(Cl)cccc21. The van der Waals surface area contributed by atoms with Gasteiger partial charge >= 0.3 is 0 Å². The quantitative estimate of drug-likeness (QED) is 0.637. The van der Waals surface area contributed by atoms with Crippen molar-refractivity contribution < 1.29 is 9.59 Å². The first kappa shape index (κ1) is 22.1. The van der Waals surface area contributed by atoms with Crippen LogP contribution in [-0.2, 0) is 4.79 Å². The van der Waals surface area contributed by atoms with Gasteiger partial charge in [0.25, 0.3) is 5.91 Å². The second-order valence-corrected chi connectivity index (χ2v) is 9.27. The maximum atomic E-state index is 13.4. The van der Waals surface area contributed by atoms with Gasteiger partial charge in [-0.15, -0.1) is 0 Å². The summed E-state index contributed by atoms with van der Waals surface area (Å²) in [6, 6.07) is 4.87. The first-order valence-electron chi connectivity index (χ1n) is 11.3. The van der Waals surface area contributed by atoms with Crippen molar-refractivity contribution in [2.24, 2.45) is 5.73 Å². The van der Waals surface area contributed by atoms with E-state index in [2.05, 4.69) is 15.5 Å². The van der Waals surface area contributed by atoms with Crippen molar-refractivity contribution in [1.82, 2.24) is 20.1 Å². The van der Waals surface area contributed by atoms with Crippen LogP contribution in [0.15, 0.2) is 24.4 Å². The fourth-order valence-electron chi connectivity index (χ4n) is 5.19. The molecule has 2 heterocycles. The van der Waals surface area contributed by atoms with Gasteiger partial charge in [0.05, 0.1) is 16.1 Å². The summed E-state index contributed by atoms with van der Waals surface area (Å²) < 4.78 is 1.74. The molecule has 8 heteroatoms. The van der Waals surface area contributed by atoms with Crippen LogP contribution in [0, 0.1) is 0 Å². The maximum Gasteiger partial charge on any atom is 0.253 e. The number of aromatic nitrogens is 1. The second kappa shape index (κ2) is 9.18. The Morgan fingerprint density at radius 2 is 1.94 bits per heavy atom. The molecule has 4 rings (SSSR count). The Balaban J connectivity index is 1.61. The first-order valence-corrected chi connectivity index (χ1v) is 11.6. The standard InChI is InChI=1S/C23H32ClN5O2/c1-16(21(25)30)29-14-17(20-18(24)6-5-7-19(20)29)22(31)27-15-23(8-3-2-4-9-23)28-12-10-26-11-13-28/h5-7,14,16,26H,2-4,8-13,15H2,1H3,(H2,25,30)(H,27,31). The molecule has 1 aromatic carbocycles. The molecule has 1 aromatic heterocycles. The van der Waals surface area contributed by atoms with Crippen molar-refractivity contribution in [3.63, 3.8) is 0 Å². The van der Waals surface area contributed by atoms with E-state index in [0.717, 1.165) is 44.5 Å². The minimum Gasteiger partial charge on any atom is -0.368 e. The van der Waals surface area contributed by atoms with Gasteiger partial charge in [0.2, 0.25) is 5.91 Å². The molecule has 31 heavy (non-hydrogen) atoms. The highest BCUT2D eigenvalue weighted by Gasteiger charge is 2.38. The van der Waals surface area contributed by atoms with Crippen LogP contribution in [0.1, 0.15) is 55.4 Å². The fourth-order valence-corrected chi connectivity index (χ4v) is 5.46. The molecule has 2 amide bonds. The van der Waals surface area contributed by atoms with Crippen LogP contribution in [0.4, 0.5) is 0 Å². The number of rotatable bonds is 6. The molecular weight excluding hydrogens is 414 g/mol. The van der Waals surface area contributed by atoms with Crippen molar-refractivity contribution in [2.45, 2.75) is 50.6 Å². The van der Waals surface area contributed by atoms with E-state index in [1.54, 1.807) is 23.8 Å². The third kappa shape index (κ3) is 4.31. The van der Waals surface area contributed by atoms with Crippen LogP contribution in [-0.4, -0.2) is 59.5 Å². The van der Waals surface area contributed by atoms with Gasteiger partial charge in [-0.3, -0.25) is 14.5 Å². The Labute approximate surface area is 188 Å². The molecular formula is C23H32ClN5O2. The normalized spacial score (nSPS) is 20.5. The number of piperazine rings is 1. The number of benzene rings is 1. The average molecular weight is 446 g/mol. The van der Waals surface area contributed by atoms with Crippen LogP contribution < -0.4 is 16.4 Å². The molecule has 168 valence electrons. The molecule has 1 unspecified atom stereocenters. The summed E-state index contributed by atoms with van der Waals surface area (Å²) in [7, 11) is 0. The minimum absolute atomic E-state index is 0.0126. The Bertz CT molecular complexity index is 960. The van der Waals surface area contributed by atoms with Crippen LogP contribution in [0.2, 0.25) is 5.02 Å². The molecule has 1 aliphatic heterocycles. The third-order valence-electron chi connectivity index (χ3n) is 7.03. The van der Waals surface area contributed by atoms with Crippen LogP contribution in [0.5, 0.6) is 0 Å². The van der Waals surface area contributed by atoms with E-state index in [4.69, 9.17) is 17.3 Å². The molecule has 1 saturated carbocycles. The Morgan fingerprint density at radius 1 is 1.23 bits per heavy atom. The molecule has 2 aliphatic rings. The number of fused-ring (bicyclic) bond motifs is 1. The third-order valence-corrected chi connectivity index (χ3v) is 7.35. The maximum absolute atomic E-state index is 13.4. The van der Waals surface area contributed by atoms with Crippen molar-refractivity contribution in [3.05, 3.63) is 35.0 Å². The van der Waals surface area contributed by atoms with E-state index in [1.807, 2.05) is 12.1 Å². The van der Waals surface area contributed by atoms with Crippen molar-refractivity contribution in [2.75, 3.05) is 32.7 Å². The first-order chi connectivity index (χ1) is 14.9. The summed E-state index contributed by atoms with van der Waals surface area (Å²) in [6.45, 7) is 6.35. The van der Waals surface area contributed by atoms with Gasteiger partial charge in [-0.05, 0) is 31.9 Å². The van der Waals surface area contributed by atoms with Crippen molar-refractivity contribution in [1.29, 1.82) is 0 Å². The summed E-state index contributed by atoms with van der Waals surface area (Å²) in [5.74, 6) is -0.614. The van der Waals surface area contributed by atoms with Gasteiger partial charge in [0, 0.05) is 49.8 Å². The monoisotopic (exact) mass is 445 g/mol. The summed E-state index contributed by atoms with van der Waals surface area (Å²) in [6.07, 6.45) is 7.57. The zero-order valence-electron chi connectivity index (χ0n) is 18.1. The van der Waals surface area contributed by atoms with Crippen molar-refractivity contribution >= 4 is 34.3 Å². The largest absolute Gasteiger partial charge is 0.368 e. The minimum atomic E-state index is -0.576. The summed E-state index contributed by atoms with van der Waals surface area (Å²) in [4.78, 5) is 27.7. The number of halogens is 1. The molecule has 4 N–H and O–H groups in total. The van der Waals surface area contributed by atoms with Gasteiger partial charge in [0.15, 0.2) is 0 Å². The number of amides is 2. The number of carbonyl (C=O) groups excluding carboxylic acids is 2. The molecule has 2 fully saturated rings. The highest BCUT2D eigenvalue weighted by molar-refractivity contribution is 6.36. The van der Waals surface area contributed by atoms with E-state index >= 15 is 0 Å². The second-order valence-electron chi connectivity index (χ2n) is 8.87. The number of nitrogens with two attached hydrogens (primary N) is 1. The van der Waals surface area contributed by atoms with Gasteiger partial charge in [-0.1, -0.05) is 36.9 Å². The van der Waals surface area contributed by atoms with Crippen molar-refractivity contribution in [3.8, 4) is 0 Å². The Kier molecular flexibility index (Phi) is 6.55. The van der Waals surface area contributed by atoms with E-state index in [1.165, 1.54) is 19.3 Å². The van der Waals surface area contributed by atoms with E-state index < -0.39 is 11.9 Å². The number of nitrogens with one attached hydrogen (secondary N) is 2. The molecule has 0 spiro atoms. The zero-order chi connectivity index (χ0) is 22.0. The summed E-state index contributed by atoms with van der Waals surface area (Å²) in [5, 5.41) is 7.80. The summed E-state index contributed by atoms with van der Waals surface area (Å²) >= 11 is 6.48. The fraction of sp³-hybridized carbons (Fsp3) is 0.565. The highest BCUT2D eigenvalue weighted by atomic mass is 35.5. The van der Waals surface area contributed by atoms with Crippen LogP contribution in [0.3, 0.4) is 0 Å². The van der Waals surface area contributed by atoms with Gasteiger partial charge in [-0.25, -0.2) is 0 Å². The highest BCUT2D eigenvalue weighted by Crippen LogP contribution is 2.34. The molecule has 2 aromatic rings. The molecule has 1 aliphatic carbocycles. The molecule has 0 bridgehead atoms. The number of carbonyl (C=O) groups is 2. The Hall–Kier alpha value is -2.09. The molecule has 1 saturated heterocycles. The molecule has 1 atom stereocenters. The topological polar surface area (TPSA) is 92.4 Å². The Morgan fingerprint density at radius 3 is 2.61 bits per heavy atom. The lowest BCUT2D eigenvalue weighted by atomic mass is 9.79. The summed E-state index contributed by atoms with van der Waals surface area (Å²) in [5.41, 5.74) is 6.77. The van der Waals surface area contributed by atoms with Gasteiger partial charge < -0.3 is 20.9 Å². The number of hydrogen-bond donors (Lipinski definition) is 3. The van der Waals surface area contributed by atoms with Crippen LogP contribution in [0.25, 0.3) is 10.9 Å². The predicted molar refractivity (Wildman–Crippen MR) is 123 cm³/mol. The van der Waals surface area contributed by atoms with Gasteiger partial charge in [-0.2, -0.15) is 0 Å².